The van der Waals surface area contributed by atoms with E-state index in [2.05, 4.69) is 13.8 Å². The third-order valence-electron chi connectivity index (χ3n) is 2.33. The standard InChI is InChI=1S/C13H26O3.CH4/c1-11(2)6-5-7-15-8-9-16-10-13(14)12(3)4;/h11-12H,5-10H2,1-4H3;1H4. The van der Waals surface area contributed by atoms with Crippen LogP contribution in [0.25, 0.3) is 0 Å². The average molecular weight is 246 g/mol. The molecule has 0 aliphatic heterocycles. The molecule has 0 fully saturated rings. The van der Waals surface area contributed by atoms with E-state index in [-0.39, 0.29) is 25.7 Å². The lowest BCUT2D eigenvalue weighted by Crippen LogP contribution is -2.17. The number of hydrogen-bond donors (Lipinski definition) is 0. The van der Waals surface area contributed by atoms with Crippen LogP contribution >= 0.6 is 0 Å². The minimum atomic E-state index is 0. The van der Waals surface area contributed by atoms with E-state index in [1.165, 1.54) is 6.42 Å². The zero-order valence-corrected chi connectivity index (χ0v) is 11.1. The first-order chi connectivity index (χ1) is 7.54. The molecule has 0 atom stereocenters. The van der Waals surface area contributed by atoms with Gasteiger partial charge in [0.2, 0.25) is 0 Å². The summed E-state index contributed by atoms with van der Waals surface area (Å²) >= 11 is 0. The van der Waals surface area contributed by atoms with E-state index < -0.39 is 0 Å². The van der Waals surface area contributed by atoms with Crippen LogP contribution in [-0.4, -0.2) is 32.2 Å². The normalized spacial score (nSPS) is 10.7. The summed E-state index contributed by atoms with van der Waals surface area (Å²) in [5.74, 6) is 0.954. The minimum Gasteiger partial charge on any atom is -0.379 e. The van der Waals surface area contributed by atoms with E-state index in [9.17, 15) is 4.79 Å². The zero-order valence-electron chi connectivity index (χ0n) is 11.1. The number of carbonyl (C=O) groups is 1. The third-order valence-corrected chi connectivity index (χ3v) is 2.33. The molecule has 0 aliphatic rings. The highest BCUT2D eigenvalue weighted by Crippen LogP contribution is 2.02. The second-order valence-corrected chi connectivity index (χ2v) is 4.82. The van der Waals surface area contributed by atoms with E-state index in [1.54, 1.807) is 0 Å². The highest BCUT2D eigenvalue weighted by molar-refractivity contribution is 5.81. The van der Waals surface area contributed by atoms with Crippen molar-refractivity contribution >= 4 is 5.78 Å². The van der Waals surface area contributed by atoms with Crippen LogP contribution in [0, 0.1) is 11.8 Å². The largest absolute Gasteiger partial charge is 0.379 e. The summed E-state index contributed by atoms with van der Waals surface area (Å²) in [6.07, 6.45) is 2.30. The van der Waals surface area contributed by atoms with Crippen LogP contribution in [0.5, 0.6) is 0 Å². The van der Waals surface area contributed by atoms with Crippen molar-refractivity contribution in [3.63, 3.8) is 0 Å². The highest BCUT2D eigenvalue weighted by Gasteiger charge is 2.06. The topological polar surface area (TPSA) is 35.5 Å². The van der Waals surface area contributed by atoms with Gasteiger partial charge in [-0.3, -0.25) is 4.79 Å². The van der Waals surface area contributed by atoms with Gasteiger partial charge in [-0.15, -0.1) is 0 Å². The summed E-state index contributed by atoms with van der Waals surface area (Å²) in [6.45, 7) is 10.3. The maximum atomic E-state index is 11.2. The predicted molar refractivity (Wildman–Crippen MR) is 72.3 cm³/mol. The Morgan fingerprint density at radius 1 is 1.00 bits per heavy atom. The summed E-state index contributed by atoms with van der Waals surface area (Å²) in [6, 6.07) is 0. The molecule has 0 bridgehead atoms. The second-order valence-electron chi connectivity index (χ2n) is 4.82. The molecule has 0 heterocycles. The summed E-state index contributed by atoms with van der Waals surface area (Å²) in [5, 5.41) is 0. The quantitative estimate of drug-likeness (QED) is 0.555. The Labute approximate surface area is 107 Å². The Balaban J connectivity index is 0. The van der Waals surface area contributed by atoms with E-state index >= 15 is 0 Å². The highest BCUT2D eigenvalue weighted by atomic mass is 16.5. The molecule has 3 heteroatoms. The molecule has 0 aromatic carbocycles. The van der Waals surface area contributed by atoms with E-state index in [0.29, 0.717) is 13.2 Å². The van der Waals surface area contributed by atoms with Gasteiger partial charge in [0, 0.05) is 12.5 Å². The molecule has 0 rings (SSSR count). The van der Waals surface area contributed by atoms with Gasteiger partial charge in [-0.05, 0) is 18.8 Å². The van der Waals surface area contributed by atoms with Crippen molar-refractivity contribution in [1.82, 2.24) is 0 Å². The van der Waals surface area contributed by atoms with Gasteiger partial charge in [-0.2, -0.15) is 0 Å². The van der Waals surface area contributed by atoms with Gasteiger partial charge in [0.1, 0.15) is 6.61 Å². The molecule has 0 radical (unpaired) electrons. The van der Waals surface area contributed by atoms with Gasteiger partial charge >= 0.3 is 0 Å². The molecule has 0 aromatic heterocycles. The molecule has 0 saturated carbocycles. The molecule has 0 aliphatic carbocycles. The van der Waals surface area contributed by atoms with Crippen LogP contribution in [0.4, 0.5) is 0 Å². The van der Waals surface area contributed by atoms with E-state index in [1.807, 2.05) is 13.8 Å². The smallest absolute Gasteiger partial charge is 0.160 e. The number of Topliss-reactive ketones (excluding diaryl/α,β-unsaturated/α-hetero) is 1. The number of ketones is 1. The van der Waals surface area contributed by atoms with Crippen molar-refractivity contribution in [2.24, 2.45) is 11.8 Å². The van der Waals surface area contributed by atoms with Gasteiger partial charge in [0.15, 0.2) is 5.78 Å². The molecule has 0 spiro atoms. The predicted octanol–water partition coefficient (Wildman–Crippen LogP) is 3.32. The lowest BCUT2D eigenvalue weighted by Gasteiger charge is -2.07. The Kier molecular flexibility index (Phi) is 13.4. The van der Waals surface area contributed by atoms with Gasteiger partial charge in [-0.1, -0.05) is 35.1 Å². The summed E-state index contributed by atoms with van der Waals surface area (Å²) in [7, 11) is 0. The van der Waals surface area contributed by atoms with E-state index in [4.69, 9.17) is 9.47 Å². The number of carbonyl (C=O) groups excluding carboxylic acids is 1. The van der Waals surface area contributed by atoms with Gasteiger partial charge in [0.25, 0.3) is 0 Å². The number of ether oxygens (including phenoxy) is 2. The molecular formula is C14H30O3. The maximum absolute atomic E-state index is 11.2. The van der Waals surface area contributed by atoms with Gasteiger partial charge < -0.3 is 9.47 Å². The first-order valence-corrected chi connectivity index (χ1v) is 6.22. The number of rotatable bonds is 10. The number of hydrogen-bond acceptors (Lipinski definition) is 3. The Morgan fingerprint density at radius 2 is 1.59 bits per heavy atom. The first-order valence-electron chi connectivity index (χ1n) is 6.22. The fourth-order valence-corrected chi connectivity index (χ4v) is 1.15. The van der Waals surface area contributed by atoms with Crippen LogP contribution in [0.3, 0.4) is 0 Å². The molecule has 0 unspecified atom stereocenters. The molecule has 104 valence electrons. The van der Waals surface area contributed by atoms with Crippen LogP contribution in [0.1, 0.15) is 48.0 Å². The molecular weight excluding hydrogens is 216 g/mol. The van der Waals surface area contributed by atoms with Crippen molar-refractivity contribution in [2.45, 2.75) is 48.0 Å². The minimum absolute atomic E-state index is 0. The van der Waals surface area contributed by atoms with Crippen LogP contribution < -0.4 is 0 Å². The molecule has 0 amide bonds. The Bertz CT molecular complexity index is 176. The third kappa shape index (κ3) is 13.5. The fourth-order valence-electron chi connectivity index (χ4n) is 1.15. The summed E-state index contributed by atoms with van der Waals surface area (Å²) in [5.41, 5.74) is 0. The molecule has 0 saturated heterocycles. The Morgan fingerprint density at radius 3 is 2.12 bits per heavy atom. The SMILES string of the molecule is C.CC(C)CCCOCCOCC(=O)C(C)C. The van der Waals surface area contributed by atoms with Crippen LogP contribution in [-0.2, 0) is 14.3 Å². The zero-order chi connectivity index (χ0) is 12.4. The maximum Gasteiger partial charge on any atom is 0.160 e. The molecule has 0 N–H and O–H groups in total. The van der Waals surface area contributed by atoms with E-state index in [0.717, 1.165) is 18.9 Å². The monoisotopic (exact) mass is 246 g/mol. The van der Waals surface area contributed by atoms with Crippen LogP contribution in [0.2, 0.25) is 0 Å². The first kappa shape index (κ1) is 18.9. The van der Waals surface area contributed by atoms with Gasteiger partial charge in [-0.25, -0.2) is 0 Å². The van der Waals surface area contributed by atoms with Crippen molar-refractivity contribution in [3.05, 3.63) is 0 Å². The van der Waals surface area contributed by atoms with Crippen molar-refractivity contribution in [1.29, 1.82) is 0 Å². The van der Waals surface area contributed by atoms with Crippen molar-refractivity contribution in [3.8, 4) is 0 Å². The van der Waals surface area contributed by atoms with Crippen molar-refractivity contribution in [2.75, 3.05) is 26.4 Å². The summed E-state index contributed by atoms with van der Waals surface area (Å²) in [4.78, 5) is 11.2. The lowest BCUT2D eigenvalue weighted by atomic mass is 10.1. The lowest BCUT2D eigenvalue weighted by molar-refractivity contribution is -0.127. The van der Waals surface area contributed by atoms with Gasteiger partial charge in [0.05, 0.1) is 13.2 Å². The fraction of sp³-hybridized carbons (Fsp3) is 0.929. The second kappa shape index (κ2) is 12.1. The average Bonchev–Trinajstić information content (AvgIpc) is 2.21. The Hall–Kier alpha value is -0.410. The van der Waals surface area contributed by atoms with Crippen molar-refractivity contribution < 1.29 is 14.3 Å². The van der Waals surface area contributed by atoms with Crippen LogP contribution in [0.15, 0.2) is 0 Å². The molecule has 3 nitrogen and oxygen atoms in total. The molecule has 0 aromatic rings. The summed E-state index contributed by atoms with van der Waals surface area (Å²) < 4.78 is 10.6. The molecule has 17 heavy (non-hydrogen) atoms.